The summed E-state index contributed by atoms with van der Waals surface area (Å²) in [5.41, 5.74) is 6.71. The number of aryl methyl sites for hydroxylation is 1. The molecule has 3 aromatic rings. The van der Waals surface area contributed by atoms with Gasteiger partial charge in [-0.25, -0.2) is 9.37 Å². The summed E-state index contributed by atoms with van der Waals surface area (Å²) >= 11 is 7.05. The number of rotatable bonds is 3. The SMILES string of the molecule is Cn1cc(NC(=O)c2csc(-c3cc(Cl)ccc3F)n2)cn1.NC1CCCOCC1. The maximum atomic E-state index is 13.8. The molecule has 3 heterocycles. The van der Waals surface area contributed by atoms with Gasteiger partial charge in [0, 0.05) is 48.5 Å². The Morgan fingerprint density at radius 1 is 1.40 bits per heavy atom. The van der Waals surface area contributed by atoms with Crippen molar-refractivity contribution in [2.45, 2.75) is 25.3 Å². The Morgan fingerprint density at radius 2 is 2.23 bits per heavy atom. The number of carbonyl (C=O) groups excluding carboxylic acids is 1. The van der Waals surface area contributed by atoms with E-state index in [1.807, 2.05) is 0 Å². The smallest absolute Gasteiger partial charge is 0.275 e. The number of nitrogens with two attached hydrogens (primary N) is 1. The molecule has 1 unspecified atom stereocenters. The third kappa shape index (κ3) is 6.33. The molecule has 1 aliphatic rings. The highest BCUT2D eigenvalue weighted by atomic mass is 35.5. The van der Waals surface area contributed by atoms with E-state index in [4.69, 9.17) is 22.1 Å². The van der Waals surface area contributed by atoms with Crippen LogP contribution >= 0.6 is 22.9 Å². The van der Waals surface area contributed by atoms with Gasteiger partial charge in [0.15, 0.2) is 0 Å². The van der Waals surface area contributed by atoms with E-state index in [2.05, 4.69) is 15.4 Å². The lowest BCUT2D eigenvalue weighted by Crippen LogP contribution is -2.19. The van der Waals surface area contributed by atoms with Crippen molar-refractivity contribution in [2.75, 3.05) is 18.5 Å². The Labute approximate surface area is 183 Å². The first kappa shape index (κ1) is 22.4. The van der Waals surface area contributed by atoms with Gasteiger partial charge in [0.2, 0.25) is 0 Å². The van der Waals surface area contributed by atoms with Crippen LogP contribution in [0.4, 0.5) is 10.1 Å². The Balaban J connectivity index is 0.000000269. The topological polar surface area (TPSA) is 95.1 Å². The average molecular weight is 452 g/mol. The summed E-state index contributed by atoms with van der Waals surface area (Å²) in [6, 6.07) is 4.62. The van der Waals surface area contributed by atoms with Gasteiger partial charge < -0.3 is 15.8 Å². The van der Waals surface area contributed by atoms with Gasteiger partial charge >= 0.3 is 0 Å². The molecule has 160 valence electrons. The Hall–Kier alpha value is -2.33. The van der Waals surface area contributed by atoms with E-state index in [1.54, 1.807) is 23.3 Å². The zero-order valence-corrected chi connectivity index (χ0v) is 18.0. The molecule has 2 aromatic heterocycles. The van der Waals surface area contributed by atoms with E-state index in [0.29, 0.717) is 21.8 Å². The minimum absolute atomic E-state index is 0.211. The van der Waals surface area contributed by atoms with Crippen molar-refractivity contribution in [3.8, 4) is 10.6 Å². The van der Waals surface area contributed by atoms with E-state index in [-0.39, 0.29) is 17.2 Å². The first-order chi connectivity index (χ1) is 14.4. The summed E-state index contributed by atoms with van der Waals surface area (Å²) in [6.45, 7) is 1.77. The molecule has 7 nitrogen and oxygen atoms in total. The zero-order chi connectivity index (χ0) is 21.5. The minimum atomic E-state index is -0.432. The number of benzene rings is 1. The van der Waals surface area contributed by atoms with Crippen molar-refractivity contribution < 1.29 is 13.9 Å². The number of hydrogen-bond donors (Lipinski definition) is 2. The molecular formula is C20H23ClFN5O2S. The fourth-order valence-electron chi connectivity index (χ4n) is 2.77. The van der Waals surface area contributed by atoms with Crippen LogP contribution in [0.2, 0.25) is 5.02 Å². The molecule has 1 saturated heterocycles. The molecule has 30 heavy (non-hydrogen) atoms. The highest BCUT2D eigenvalue weighted by Crippen LogP contribution is 2.29. The second kappa shape index (κ2) is 10.6. The van der Waals surface area contributed by atoms with Crippen LogP contribution in [0.5, 0.6) is 0 Å². The van der Waals surface area contributed by atoms with Crippen molar-refractivity contribution >= 4 is 34.5 Å². The van der Waals surface area contributed by atoms with E-state index in [0.717, 1.165) is 32.5 Å². The van der Waals surface area contributed by atoms with Crippen LogP contribution in [0.15, 0.2) is 36.0 Å². The van der Waals surface area contributed by atoms with Crippen LogP contribution in [0.25, 0.3) is 10.6 Å². The van der Waals surface area contributed by atoms with Crippen molar-refractivity contribution in [2.24, 2.45) is 12.8 Å². The summed E-state index contributed by atoms with van der Waals surface area (Å²) in [6.07, 6.45) is 6.52. The third-order valence-corrected chi connectivity index (χ3v) is 5.47. The fraction of sp³-hybridized carbons (Fsp3) is 0.350. The maximum Gasteiger partial charge on any atom is 0.275 e. The number of nitrogens with zero attached hydrogens (tertiary/aromatic N) is 3. The van der Waals surface area contributed by atoms with E-state index in [1.165, 1.54) is 35.7 Å². The summed E-state index contributed by atoms with van der Waals surface area (Å²) in [5, 5.41) is 9.01. The Kier molecular flexibility index (Phi) is 7.92. The quantitative estimate of drug-likeness (QED) is 0.625. The third-order valence-electron chi connectivity index (χ3n) is 4.35. The number of ether oxygens (including phenoxy) is 1. The highest BCUT2D eigenvalue weighted by Gasteiger charge is 2.15. The van der Waals surface area contributed by atoms with Crippen molar-refractivity contribution in [3.05, 3.63) is 52.5 Å². The molecule has 1 aliphatic heterocycles. The van der Waals surface area contributed by atoms with Gasteiger partial charge in [0.25, 0.3) is 5.91 Å². The molecule has 0 saturated carbocycles. The molecule has 1 fully saturated rings. The second-order valence-corrected chi connectivity index (χ2v) is 8.12. The first-order valence-electron chi connectivity index (χ1n) is 9.46. The van der Waals surface area contributed by atoms with Crippen molar-refractivity contribution in [1.82, 2.24) is 14.8 Å². The van der Waals surface area contributed by atoms with Gasteiger partial charge in [0.1, 0.15) is 16.5 Å². The predicted molar refractivity (Wildman–Crippen MR) is 116 cm³/mol. The number of thiazole rings is 1. The molecular weight excluding hydrogens is 429 g/mol. The molecule has 0 spiro atoms. The van der Waals surface area contributed by atoms with Gasteiger partial charge in [-0.1, -0.05) is 11.6 Å². The summed E-state index contributed by atoms with van der Waals surface area (Å²) in [5.74, 6) is -0.809. The standard InChI is InChI=1S/C14H10ClFN4OS.C6H13NO/c1-20-6-9(5-17-20)18-13(21)12-7-22-14(19-12)10-4-8(15)2-3-11(10)16;7-6-2-1-4-8-5-3-6/h2-7H,1H3,(H,18,21);6H,1-5,7H2. The van der Waals surface area contributed by atoms with Crippen LogP contribution in [0, 0.1) is 5.82 Å². The van der Waals surface area contributed by atoms with Gasteiger partial charge in [-0.05, 0) is 37.5 Å². The molecule has 0 aliphatic carbocycles. The lowest BCUT2D eigenvalue weighted by molar-refractivity contribution is 0.102. The van der Waals surface area contributed by atoms with Gasteiger partial charge in [0.05, 0.1) is 11.9 Å². The Morgan fingerprint density at radius 3 is 3.00 bits per heavy atom. The molecule has 1 atom stereocenters. The number of halogens is 2. The Bertz CT molecular complexity index is 985. The molecule has 1 aromatic carbocycles. The van der Waals surface area contributed by atoms with Gasteiger partial charge in [-0.2, -0.15) is 5.10 Å². The molecule has 1 amide bonds. The van der Waals surface area contributed by atoms with Crippen molar-refractivity contribution in [1.29, 1.82) is 0 Å². The van der Waals surface area contributed by atoms with E-state index in [9.17, 15) is 9.18 Å². The molecule has 0 bridgehead atoms. The number of nitrogens with one attached hydrogen (secondary N) is 1. The summed E-state index contributed by atoms with van der Waals surface area (Å²) in [7, 11) is 1.75. The van der Waals surface area contributed by atoms with E-state index < -0.39 is 5.82 Å². The highest BCUT2D eigenvalue weighted by molar-refractivity contribution is 7.13. The predicted octanol–water partition coefficient (Wildman–Crippen LogP) is 4.10. The lowest BCUT2D eigenvalue weighted by Gasteiger charge is -2.02. The normalized spacial score (nSPS) is 16.3. The minimum Gasteiger partial charge on any atom is -0.381 e. The second-order valence-electron chi connectivity index (χ2n) is 6.82. The number of anilines is 1. The fourth-order valence-corrected chi connectivity index (χ4v) is 3.76. The average Bonchev–Trinajstić information content (AvgIpc) is 3.29. The van der Waals surface area contributed by atoms with Gasteiger partial charge in [-0.15, -0.1) is 11.3 Å². The van der Waals surface area contributed by atoms with Crippen molar-refractivity contribution in [3.63, 3.8) is 0 Å². The summed E-state index contributed by atoms with van der Waals surface area (Å²) in [4.78, 5) is 16.3. The lowest BCUT2D eigenvalue weighted by atomic mass is 10.1. The number of carbonyl (C=O) groups is 1. The van der Waals surface area contributed by atoms with Crippen LogP contribution in [-0.4, -0.2) is 39.9 Å². The molecule has 10 heteroatoms. The number of aromatic nitrogens is 3. The van der Waals surface area contributed by atoms with Crippen LogP contribution < -0.4 is 11.1 Å². The van der Waals surface area contributed by atoms with Gasteiger partial charge in [-0.3, -0.25) is 9.48 Å². The number of amides is 1. The summed E-state index contributed by atoms with van der Waals surface area (Å²) < 4.78 is 20.6. The number of hydrogen-bond acceptors (Lipinski definition) is 6. The van der Waals surface area contributed by atoms with Crippen LogP contribution in [0.3, 0.4) is 0 Å². The monoisotopic (exact) mass is 451 g/mol. The van der Waals surface area contributed by atoms with Crippen LogP contribution in [-0.2, 0) is 11.8 Å². The largest absolute Gasteiger partial charge is 0.381 e. The first-order valence-corrected chi connectivity index (χ1v) is 10.7. The zero-order valence-electron chi connectivity index (χ0n) is 16.5. The molecule has 4 rings (SSSR count). The molecule has 3 N–H and O–H groups in total. The molecule has 0 radical (unpaired) electrons. The van der Waals surface area contributed by atoms with E-state index >= 15 is 0 Å². The van der Waals surface area contributed by atoms with Crippen LogP contribution in [0.1, 0.15) is 29.8 Å². The maximum absolute atomic E-state index is 13.8.